The van der Waals surface area contributed by atoms with Crippen LogP contribution in [0.3, 0.4) is 0 Å². The molecule has 0 heterocycles. The Bertz CT molecular complexity index is 590. The molecule has 0 aliphatic rings. The number of carbonyl (C=O) groups is 1. The number of aliphatic carboxylic acids is 1. The molecule has 20 heavy (non-hydrogen) atoms. The molecule has 2 aromatic carbocycles. The molecule has 0 aromatic heterocycles. The lowest BCUT2D eigenvalue weighted by Crippen LogP contribution is -2.46. The zero-order valence-electron chi connectivity index (χ0n) is 12.2. The normalized spacial score (nSPS) is 11.7. The Morgan fingerprint density at radius 2 is 1.60 bits per heavy atom. The zero-order valence-corrected chi connectivity index (χ0v) is 12.2. The summed E-state index contributed by atoms with van der Waals surface area (Å²) in [5.41, 5.74) is 0.0315. The van der Waals surface area contributed by atoms with Gasteiger partial charge in [-0.05, 0) is 29.2 Å². The minimum atomic E-state index is -0.947. The fourth-order valence-corrected chi connectivity index (χ4v) is 3.20. The van der Waals surface area contributed by atoms with Crippen molar-refractivity contribution in [2.75, 3.05) is 0 Å². The van der Waals surface area contributed by atoms with Crippen LogP contribution in [-0.2, 0) is 10.2 Å². The van der Waals surface area contributed by atoms with Crippen LogP contribution in [-0.4, -0.2) is 5.97 Å². The number of carboxylic acid groups (broad SMARTS) is 1. The van der Waals surface area contributed by atoms with E-state index in [9.17, 15) is 9.90 Å². The molecule has 0 aliphatic heterocycles. The molecule has 2 nitrogen and oxygen atoms in total. The first-order valence-electron chi connectivity index (χ1n) is 7.35. The Morgan fingerprint density at radius 1 is 1.00 bits per heavy atom. The number of fused-ring (bicyclic) bond motifs is 1. The Labute approximate surface area is 120 Å². The summed E-state index contributed by atoms with van der Waals surface area (Å²) in [7, 11) is 0. The van der Waals surface area contributed by atoms with E-state index in [0.717, 1.165) is 29.2 Å². The van der Waals surface area contributed by atoms with E-state index in [1.165, 1.54) is 0 Å². The smallest absolute Gasteiger partial charge is 0.0520 e. The average molecular weight is 269 g/mol. The summed E-state index contributed by atoms with van der Waals surface area (Å²) in [6, 6.07) is 13.9. The monoisotopic (exact) mass is 269 g/mol. The lowest BCUT2D eigenvalue weighted by molar-refractivity contribution is -0.314. The standard InChI is InChI=1S/C18H22O2/c1-3-12-18(13-4-2,17(19)20)16-11-7-9-14-8-5-6-10-15(14)16/h5-11H,3-4,12-13H2,1-2H3,(H,19,20)/p-1. The summed E-state index contributed by atoms with van der Waals surface area (Å²) in [5, 5.41) is 14.0. The molecular weight excluding hydrogens is 248 g/mol. The van der Waals surface area contributed by atoms with Gasteiger partial charge in [0.25, 0.3) is 0 Å². The summed E-state index contributed by atoms with van der Waals surface area (Å²) >= 11 is 0. The van der Waals surface area contributed by atoms with E-state index < -0.39 is 11.4 Å². The number of rotatable bonds is 6. The second-order valence-electron chi connectivity index (χ2n) is 5.40. The Hall–Kier alpha value is -1.83. The molecule has 0 saturated heterocycles. The maximum absolute atomic E-state index is 11.9. The zero-order chi connectivity index (χ0) is 14.6. The van der Waals surface area contributed by atoms with Gasteiger partial charge < -0.3 is 9.90 Å². The van der Waals surface area contributed by atoms with E-state index in [0.29, 0.717) is 12.8 Å². The van der Waals surface area contributed by atoms with Crippen molar-refractivity contribution >= 4 is 16.7 Å². The van der Waals surface area contributed by atoms with E-state index in [2.05, 4.69) is 0 Å². The highest BCUT2D eigenvalue weighted by Gasteiger charge is 2.33. The first kappa shape index (κ1) is 14.6. The third kappa shape index (κ3) is 2.43. The number of benzene rings is 2. The van der Waals surface area contributed by atoms with Crippen LogP contribution in [0, 0.1) is 0 Å². The van der Waals surface area contributed by atoms with Gasteiger partial charge in [-0.2, -0.15) is 0 Å². The largest absolute Gasteiger partial charge is 0.549 e. The van der Waals surface area contributed by atoms with Gasteiger partial charge in [0.15, 0.2) is 0 Å². The lowest BCUT2D eigenvalue weighted by Gasteiger charge is -2.36. The van der Waals surface area contributed by atoms with Crippen LogP contribution in [0.2, 0.25) is 0 Å². The van der Waals surface area contributed by atoms with Crippen LogP contribution in [0.15, 0.2) is 42.5 Å². The van der Waals surface area contributed by atoms with Crippen LogP contribution in [0.1, 0.15) is 45.1 Å². The summed E-state index contributed by atoms with van der Waals surface area (Å²) in [4.78, 5) is 11.9. The molecule has 0 atom stereocenters. The highest BCUT2D eigenvalue weighted by Crippen LogP contribution is 2.38. The topological polar surface area (TPSA) is 40.1 Å². The predicted octanol–water partition coefficient (Wildman–Crippen LogP) is 3.43. The molecule has 2 heteroatoms. The summed E-state index contributed by atoms with van der Waals surface area (Å²) in [5.74, 6) is -0.947. The fraction of sp³-hybridized carbons (Fsp3) is 0.389. The molecule has 0 bridgehead atoms. The van der Waals surface area contributed by atoms with Crippen LogP contribution in [0.25, 0.3) is 10.8 Å². The number of carboxylic acids is 1. The van der Waals surface area contributed by atoms with Crippen LogP contribution < -0.4 is 5.11 Å². The van der Waals surface area contributed by atoms with Gasteiger partial charge in [-0.3, -0.25) is 0 Å². The molecule has 0 amide bonds. The van der Waals surface area contributed by atoms with Crippen molar-refractivity contribution in [3.63, 3.8) is 0 Å². The average Bonchev–Trinajstić information content (AvgIpc) is 2.46. The molecule has 2 aromatic rings. The van der Waals surface area contributed by atoms with Gasteiger partial charge in [0, 0.05) is 5.41 Å². The molecule has 0 fully saturated rings. The van der Waals surface area contributed by atoms with Gasteiger partial charge in [-0.25, -0.2) is 0 Å². The first-order chi connectivity index (χ1) is 9.65. The number of carbonyl (C=O) groups excluding carboxylic acids is 1. The van der Waals surface area contributed by atoms with Crippen molar-refractivity contribution in [1.29, 1.82) is 0 Å². The van der Waals surface area contributed by atoms with E-state index in [1.54, 1.807) is 0 Å². The van der Waals surface area contributed by atoms with Gasteiger partial charge in [0.2, 0.25) is 0 Å². The molecule has 0 saturated carbocycles. The lowest BCUT2D eigenvalue weighted by atomic mass is 9.72. The van der Waals surface area contributed by atoms with Gasteiger partial charge in [-0.15, -0.1) is 0 Å². The fourth-order valence-electron chi connectivity index (χ4n) is 3.20. The minimum Gasteiger partial charge on any atom is -0.549 e. The van der Waals surface area contributed by atoms with Crippen molar-refractivity contribution in [2.24, 2.45) is 0 Å². The molecule has 0 N–H and O–H groups in total. The number of hydrogen-bond donors (Lipinski definition) is 0. The minimum absolute atomic E-state index is 0.622. The Kier molecular flexibility index (Phi) is 4.43. The van der Waals surface area contributed by atoms with E-state index in [4.69, 9.17) is 0 Å². The van der Waals surface area contributed by atoms with Crippen molar-refractivity contribution in [3.05, 3.63) is 48.0 Å². The highest BCUT2D eigenvalue weighted by molar-refractivity contribution is 5.92. The Balaban J connectivity index is 2.70. The maximum Gasteiger partial charge on any atom is 0.0520 e. The van der Waals surface area contributed by atoms with Crippen LogP contribution in [0.5, 0.6) is 0 Å². The molecule has 0 radical (unpaired) electrons. The Morgan fingerprint density at radius 3 is 2.20 bits per heavy atom. The molecule has 106 valence electrons. The van der Waals surface area contributed by atoms with Crippen molar-refractivity contribution < 1.29 is 9.90 Å². The quantitative estimate of drug-likeness (QED) is 0.806. The van der Waals surface area contributed by atoms with E-state index in [1.807, 2.05) is 56.3 Å². The summed E-state index contributed by atoms with van der Waals surface area (Å²) < 4.78 is 0. The van der Waals surface area contributed by atoms with Gasteiger partial charge in [-0.1, -0.05) is 69.2 Å². The van der Waals surface area contributed by atoms with Gasteiger partial charge in [0.1, 0.15) is 0 Å². The molecule has 0 unspecified atom stereocenters. The van der Waals surface area contributed by atoms with Crippen molar-refractivity contribution in [2.45, 2.75) is 44.9 Å². The molecular formula is C18H21O2-. The van der Waals surface area contributed by atoms with Crippen LogP contribution >= 0.6 is 0 Å². The third-order valence-electron chi connectivity index (χ3n) is 4.05. The van der Waals surface area contributed by atoms with Crippen LogP contribution in [0.4, 0.5) is 0 Å². The first-order valence-corrected chi connectivity index (χ1v) is 7.35. The van der Waals surface area contributed by atoms with Gasteiger partial charge >= 0.3 is 0 Å². The summed E-state index contributed by atoms with van der Waals surface area (Å²) in [6.07, 6.45) is 2.91. The van der Waals surface area contributed by atoms with Crippen molar-refractivity contribution in [3.8, 4) is 0 Å². The van der Waals surface area contributed by atoms with Gasteiger partial charge in [0.05, 0.1) is 5.97 Å². The third-order valence-corrected chi connectivity index (χ3v) is 4.05. The molecule has 2 rings (SSSR count). The van der Waals surface area contributed by atoms with E-state index >= 15 is 0 Å². The number of hydrogen-bond acceptors (Lipinski definition) is 2. The molecule has 0 aliphatic carbocycles. The van der Waals surface area contributed by atoms with E-state index in [-0.39, 0.29) is 0 Å². The highest BCUT2D eigenvalue weighted by atomic mass is 16.4. The summed E-state index contributed by atoms with van der Waals surface area (Å²) in [6.45, 7) is 4.05. The van der Waals surface area contributed by atoms with Crippen molar-refractivity contribution in [1.82, 2.24) is 0 Å². The second kappa shape index (κ2) is 6.08. The predicted molar refractivity (Wildman–Crippen MR) is 80.4 cm³/mol. The maximum atomic E-state index is 11.9. The molecule has 0 spiro atoms. The second-order valence-corrected chi connectivity index (χ2v) is 5.40. The SMILES string of the molecule is CCCC(CCC)(C(=O)[O-])c1cccc2ccccc12.